The lowest BCUT2D eigenvalue weighted by molar-refractivity contribution is 0.0989. The van der Waals surface area contributed by atoms with Crippen LogP contribution in [0, 0.1) is 0 Å². The first-order valence-electron chi connectivity index (χ1n) is 8.02. The Labute approximate surface area is 142 Å². The van der Waals surface area contributed by atoms with Gasteiger partial charge in [0.2, 0.25) is 10.0 Å². The molecule has 6 heteroatoms. The molecule has 0 fully saturated rings. The lowest BCUT2D eigenvalue weighted by Crippen LogP contribution is -2.29. The fourth-order valence-corrected chi connectivity index (χ4v) is 4.00. The predicted molar refractivity (Wildman–Crippen MR) is 93.7 cm³/mol. The van der Waals surface area contributed by atoms with Crippen LogP contribution < -0.4 is 9.62 Å². The monoisotopic (exact) mass is 344 g/mol. The molecule has 5 nitrogen and oxygen atoms in total. The van der Waals surface area contributed by atoms with Gasteiger partial charge < -0.3 is 4.90 Å². The van der Waals surface area contributed by atoms with E-state index in [2.05, 4.69) is 4.72 Å². The van der Waals surface area contributed by atoms with E-state index in [0.29, 0.717) is 25.1 Å². The number of rotatable bonds is 5. The number of amides is 1. The molecule has 0 saturated carbocycles. The number of carbonyl (C=O) groups is 1. The highest BCUT2D eigenvalue weighted by Gasteiger charge is 2.26. The predicted octanol–water partition coefficient (Wildman–Crippen LogP) is 2.58. The molecule has 24 heavy (non-hydrogen) atoms. The number of hydrogen-bond acceptors (Lipinski definition) is 3. The third-order valence-electron chi connectivity index (χ3n) is 4.07. The molecule has 0 unspecified atom stereocenters. The van der Waals surface area contributed by atoms with Gasteiger partial charge in [-0.15, -0.1) is 0 Å². The maximum absolute atomic E-state index is 12.8. The van der Waals surface area contributed by atoms with E-state index in [9.17, 15) is 13.2 Å². The van der Waals surface area contributed by atoms with Gasteiger partial charge in [0, 0.05) is 24.3 Å². The van der Waals surface area contributed by atoms with Crippen LogP contribution in [0.25, 0.3) is 0 Å². The van der Waals surface area contributed by atoms with Gasteiger partial charge in [-0.05, 0) is 42.7 Å². The largest absolute Gasteiger partial charge is 0.308 e. The number of nitrogens with zero attached hydrogens (tertiary/aromatic N) is 1. The van der Waals surface area contributed by atoms with Crippen molar-refractivity contribution in [1.82, 2.24) is 4.72 Å². The number of anilines is 1. The van der Waals surface area contributed by atoms with Crippen LogP contribution in [0.1, 0.15) is 29.3 Å². The summed E-state index contributed by atoms with van der Waals surface area (Å²) in [4.78, 5) is 14.6. The summed E-state index contributed by atoms with van der Waals surface area (Å²) in [5.74, 6) is -0.174. The van der Waals surface area contributed by atoms with E-state index in [1.165, 1.54) is 12.1 Å². The Balaban J connectivity index is 1.89. The van der Waals surface area contributed by atoms with E-state index >= 15 is 0 Å². The van der Waals surface area contributed by atoms with Crippen LogP contribution in [0.5, 0.6) is 0 Å². The third kappa shape index (κ3) is 3.20. The van der Waals surface area contributed by atoms with Gasteiger partial charge in [-0.1, -0.05) is 31.2 Å². The summed E-state index contributed by atoms with van der Waals surface area (Å²) in [5.41, 5.74) is 2.42. The molecule has 0 aromatic heterocycles. The molecular formula is C18H20N2O3S. The van der Waals surface area contributed by atoms with Crippen molar-refractivity contribution in [1.29, 1.82) is 0 Å². The molecular weight excluding hydrogens is 324 g/mol. The Hall–Kier alpha value is -2.18. The van der Waals surface area contributed by atoms with E-state index < -0.39 is 10.0 Å². The minimum absolute atomic E-state index is 0.120. The van der Waals surface area contributed by atoms with Gasteiger partial charge in [-0.25, -0.2) is 13.1 Å². The van der Waals surface area contributed by atoms with Crippen LogP contribution in [-0.2, 0) is 16.4 Å². The van der Waals surface area contributed by atoms with Gasteiger partial charge in [0.25, 0.3) is 5.91 Å². The topological polar surface area (TPSA) is 66.5 Å². The molecule has 2 aromatic carbocycles. The van der Waals surface area contributed by atoms with Crippen LogP contribution in [-0.4, -0.2) is 27.4 Å². The number of benzene rings is 2. The molecule has 1 amide bonds. The van der Waals surface area contributed by atoms with Gasteiger partial charge in [0.15, 0.2) is 0 Å². The quantitative estimate of drug-likeness (QED) is 0.906. The molecule has 1 aliphatic heterocycles. The minimum Gasteiger partial charge on any atom is -0.308 e. The number of para-hydroxylation sites is 1. The van der Waals surface area contributed by atoms with Gasteiger partial charge >= 0.3 is 0 Å². The first-order chi connectivity index (χ1) is 11.5. The maximum atomic E-state index is 12.8. The molecule has 0 atom stereocenters. The second-order valence-corrected chi connectivity index (χ2v) is 7.53. The SMILES string of the molecule is CCCNS(=O)(=O)c1cccc(C(=O)N2CCc3ccccc32)c1. The highest BCUT2D eigenvalue weighted by molar-refractivity contribution is 7.89. The molecule has 1 N–H and O–H groups in total. The fraction of sp³-hybridized carbons (Fsp3) is 0.278. The number of nitrogens with one attached hydrogen (secondary N) is 1. The van der Waals surface area contributed by atoms with Crippen LogP contribution >= 0.6 is 0 Å². The van der Waals surface area contributed by atoms with Crippen molar-refractivity contribution in [2.75, 3.05) is 18.0 Å². The number of carbonyl (C=O) groups excluding carboxylic acids is 1. The second kappa shape index (κ2) is 6.75. The van der Waals surface area contributed by atoms with E-state index in [1.807, 2.05) is 31.2 Å². The number of fused-ring (bicyclic) bond motifs is 1. The lowest BCUT2D eigenvalue weighted by Gasteiger charge is -2.17. The molecule has 1 heterocycles. The average molecular weight is 344 g/mol. The zero-order chi connectivity index (χ0) is 17.2. The summed E-state index contributed by atoms with van der Waals surface area (Å²) in [5, 5.41) is 0. The zero-order valence-electron chi connectivity index (χ0n) is 13.5. The highest BCUT2D eigenvalue weighted by Crippen LogP contribution is 2.29. The maximum Gasteiger partial charge on any atom is 0.258 e. The van der Waals surface area contributed by atoms with Gasteiger partial charge in [0.1, 0.15) is 0 Å². The first-order valence-corrected chi connectivity index (χ1v) is 9.51. The first kappa shape index (κ1) is 16.7. The van der Waals surface area contributed by atoms with E-state index in [0.717, 1.165) is 17.7 Å². The highest BCUT2D eigenvalue weighted by atomic mass is 32.2. The van der Waals surface area contributed by atoms with Crippen molar-refractivity contribution < 1.29 is 13.2 Å². The summed E-state index contributed by atoms with van der Waals surface area (Å²) >= 11 is 0. The van der Waals surface area contributed by atoms with Crippen molar-refractivity contribution in [3.8, 4) is 0 Å². The molecule has 0 aliphatic carbocycles. The summed E-state index contributed by atoms with van der Waals surface area (Å²) in [7, 11) is -3.58. The van der Waals surface area contributed by atoms with Crippen molar-refractivity contribution in [3.05, 3.63) is 59.7 Å². The summed E-state index contributed by atoms with van der Waals surface area (Å²) in [6.45, 7) is 2.89. The van der Waals surface area contributed by atoms with Crippen LogP contribution in [0.15, 0.2) is 53.4 Å². The molecule has 1 aliphatic rings. The van der Waals surface area contributed by atoms with E-state index in [4.69, 9.17) is 0 Å². The lowest BCUT2D eigenvalue weighted by atomic mass is 10.1. The van der Waals surface area contributed by atoms with Crippen molar-refractivity contribution in [2.45, 2.75) is 24.7 Å². The Kier molecular flexibility index (Phi) is 4.69. The number of sulfonamides is 1. The van der Waals surface area contributed by atoms with Crippen molar-refractivity contribution >= 4 is 21.6 Å². The summed E-state index contributed by atoms with van der Waals surface area (Å²) in [6, 6.07) is 14.0. The van der Waals surface area contributed by atoms with Gasteiger partial charge in [-0.3, -0.25) is 4.79 Å². The summed E-state index contributed by atoms with van der Waals surface area (Å²) < 4.78 is 27.0. The third-order valence-corrected chi connectivity index (χ3v) is 5.52. The average Bonchev–Trinajstić information content (AvgIpc) is 3.03. The van der Waals surface area contributed by atoms with E-state index in [-0.39, 0.29) is 10.8 Å². The summed E-state index contributed by atoms with van der Waals surface area (Å²) in [6.07, 6.45) is 1.53. The number of hydrogen-bond donors (Lipinski definition) is 1. The van der Waals surface area contributed by atoms with Crippen LogP contribution in [0.4, 0.5) is 5.69 Å². The fourth-order valence-electron chi connectivity index (χ4n) is 2.82. The van der Waals surface area contributed by atoms with Gasteiger partial charge in [0.05, 0.1) is 4.90 Å². The Morgan fingerprint density at radius 2 is 1.96 bits per heavy atom. The molecule has 0 spiro atoms. The molecule has 0 bridgehead atoms. The van der Waals surface area contributed by atoms with Crippen molar-refractivity contribution in [2.24, 2.45) is 0 Å². The minimum atomic E-state index is -3.58. The molecule has 126 valence electrons. The van der Waals surface area contributed by atoms with E-state index in [1.54, 1.807) is 17.0 Å². The van der Waals surface area contributed by atoms with Crippen LogP contribution in [0.3, 0.4) is 0 Å². The zero-order valence-corrected chi connectivity index (χ0v) is 14.3. The van der Waals surface area contributed by atoms with Crippen LogP contribution in [0.2, 0.25) is 0 Å². The van der Waals surface area contributed by atoms with Crippen molar-refractivity contribution in [3.63, 3.8) is 0 Å². The van der Waals surface area contributed by atoms with Gasteiger partial charge in [-0.2, -0.15) is 0 Å². The normalized spacial score (nSPS) is 13.8. The molecule has 3 rings (SSSR count). The Bertz CT molecular complexity index is 862. The second-order valence-electron chi connectivity index (χ2n) is 5.76. The molecule has 0 saturated heterocycles. The Morgan fingerprint density at radius 3 is 2.75 bits per heavy atom. The molecule has 2 aromatic rings. The Morgan fingerprint density at radius 1 is 1.17 bits per heavy atom. The standard InChI is InChI=1S/C18H20N2O3S/c1-2-11-19-24(22,23)16-8-5-7-15(13-16)18(21)20-12-10-14-6-3-4-9-17(14)20/h3-9,13,19H,2,10-12H2,1H3. The molecule has 0 radical (unpaired) electrons. The smallest absolute Gasteiger partial charge is 0.258 e.